The van der Waals surface area contributed by atoms with Crippen molar-refractivity contribution in [2.45, 2.75) is 25.6 Å². The van der Waals surface area contributed by atoms with Gasteiger partial charge in [-0.25, -0.2) is 0 Å². The Morgan fingerprint density at radius 3 is 2.19 bits per heavy atom. The van der Waals surface area contributed by atoms with Crippen LogP contribution >= 0.6 is 0 Å². The van der Waals surface area contributed by atoms with Crippen molar-refractivity contribution in [2.24, 2.45) is 0 Å². The maximum Gasteiger partial charge on any atom is 0.416 e. The molecule has 0 aliphatic carbocycles. The van der Waals surface area contributed by atoms with Gasteiger partial charge in [0.25, 0.3) is 5.91 Å². The number of carbonyl (C=O) groups excluding carboxylic acids is 2. The normalized spacial score (nSPS) is 12.3. The van der Waals surface area contributed by atoms with Gasteiger partial charge < -0.3 is 10.1 Å². The minimum atomic E-state index is -4.41. The van der Waals surface area contributed by atoms with Crippen LogP contribution in [0.3, 0.4) is 0 Å². The van der Waals surface area contributed by atoms with Crippen molar-refractivity contribution in [2.75, 3.05) is 6.54 Å². The van der Waals surface area contributed by atoms with Crippen LogP contribution in [0.1, 0.15) is 30.6 Å². The smallest absolute Gasteiger partial charge is 0.416 e. The fraction of sp³-hybridized carbons (Fsp3) is 0.263. The summed E-state index contributed by atoms with van der Waals surface area (Å²) in [5.41, 5.74) is 0.0549. The van der Waals surface area contributed by atoms with E-state index in [0.29, 0.717) is 6.42 Å². The van der Waals surface area contributed by atoms with Crippen LogP contribution in [0.5, 0.6) is 5.75 Å². The SMILES string of the molecule is CC(=O)C(=O)NCCC(Oc1ccc(C(F)(F)F)cc1)c1ccccc1. The summed E-state index contributed by atoms with van der Waals surface area (Å²) in [4.78, 5) is 22.3. The second-order valence-electron chi connectivity index (χ2n) is 5.64. The molecular weight excluding hydrogens is 347 g/mol. The predicted octanol–water partition coefficient (Wildman–Crippen LogP) is 3.92. The fourth-order valence-electron chi connectivity index (χ4n) is 2.29. The highest BCUT2D eigenvalue weighted by Gasteiger charge is 2.30. The molecule has 0 saturated carbocycles. The van der Waals surface area contributed by atoms with E-state index < -0.39 is 29.5 Å². The van der Waals surface area contributed by atoms with E-state index in [1.807, 2.05) is 30.3 Å². The van der Waals surface area contributed by atoms with E-state index in [9.17, 15) is 22.8 Å². The lowest BCUT2D eigenvalue weighted by Crippen LogP contribution is -2.31. The number of benzene rings is 2. The molecule has 7 heteroatoms. The Labute approximate surface area is 149 Å². The molecule has 0 radical (unpaired) electrons. The minimum absolute atomic E-state index is 0.193. The molecule has 1 amide bonds. The first-order valence-electron chi connectivity index (χ1n) is 7.95. The van der Waals surface area contributed by atoms with Gasteiger partial charge >= 0.3 is 6.18 Å². The Bertz CT molecular complexity index is 743. The highest BCUT2D eigenvalue weighted by atomic mass is 19.4. The summed E-state index contributed by atoms with van der Waals surface area (Å²) >= 11 is 0. The van der Waals surface area contributed by atoms with Crippen LogP contribution in [0, 0.1) is 0 Å². The first-order valence-corrected chi connectivity index (χ1v) is 7.95. The molecule has 0 aliphatic rings. The number of nitrogens with one attached hydrogen (secondary N) is 1. The molecule has 0 spiro atoms. The lowest BCUT2D eigenvalue weighted by atomic mass is 10.1. The van der Waals surface area contributed by atoms with Gasteiger partial charge in [-0.15, -0.1) is 0 Å². The molecule has 1 N–H and O–H groups in total. The number of amides is 1. The van der Waals surface area contributed by atoms with Crippen molar-refractivity contribution >= 4 is 11.7 Å². The summed E-state index contributed by atoms with van der Waals surface area (Å²) in [5, 5.41) is 2.48. The van der Waals surface area contributed by atoms with Gasteiger partial charge in [-0.2, -0.15) is 13.2 Å². The summed E-state index contributed by atoms with van der Waals surface area (Å²) < 4.78 is 43.7. The monoisotopic (exact) mass is 365 g/mol. The van der Waals surface area contributed by atoms with Crippen molar-refractivity contribution in [3.05, 3.63) is 65.7 Å². The van der Waals surface area contributed by atoms with Gasteiger partial charge in [-0.1, -0.05) is 30.3 Å². The van der Waals surface area contributed by atoms with Gasteiger partial charge in [0.15, 0.2) is 0 Å². The summed E-state index contributed by atoms with van der Waals surface area (Å²) in [6.07, 6.45) is -4.54. The summed E-state index contributed by atoms with van der Waals surface area (Å²) in [6, 6.07) is 13.5. The molecule has 2 aromatic carbocycles. The molecule has 0 saturated heterocycles. The highest BCUT2D eigenvalue weighted by molar-refractivity contribution is 6.35. The van der Waals surface area contributed by atoms with E-state index >= 15 is 0 Å². The zero-order valence-corrected chi connectivity index (χ0v) is 14.0. The van der Waals surface area contributed by atoms with Gasteiger partial charge in [0, 0.05) is 19.9 Å². The van der Waals surface area contributed by atoms with Gasteiger partial charge in [0.2, 0.25) is 5.78 Å². The number of alkyl halides is 3. The van der Waals surface area contributed by atoms with Gasteiger partial charge in [0.05, 0.1) is 5.56 Å². The topological polar surface area (TPSA) is 55.4 Å². The molecular formula is C19H18F3NO3. The average Bonchev–Trinajstić information content (AvgIpc) is 2.61. The van der Waals surface area contributed by atoms with Crippen LogP contribution in [0.15, 0.2) is 54.6 Å². The molecule has 2 aromatic rings. The Balaban J connectivity index is 2.09. The zero-order valence-electron chi connectivity index (χ0n) is 14.0. The second kappa shape index (κ2) is 8.51. The molecule has 0 fully saturated rings. The molecule has 26 heavy (non-hydrogen) atoms. The third-order valence-electron chi connectivity index (χ3n) is 3.64. The molecule has 0 heterocycles. The third-order valence-corrected chi connectivity index (χ3v) is 3.64. The van der Waals surface area contributed by atoms with Gasteiger partial charge in [-0.05, 0) is 29.8 Å². The number of rotatable bonds is 7. The van der Waals surface area contributed by atoms with Crippen molar-refractivity contribution in [3.8, 4) is 5.75 Å². The van der Waals surface area contributed by atoms with Crippen molar-refractivity contribution < 1.29 is 27.5 Å². The van der Waals surface area contributed by atoms with Crippen molar-refractivity contribution in [3.63, 3.8) is 0 Å². The maximum absolute atomic E-state index is 12.6. The Hall–Kier alpha value is -2.83. The quantitative estimate of drug-likeness (QED) is 0.757. The van der Waals surface area contributed by atoms with Gasteiger partial charge in [-0.3, -0.25) is 9.59 Å². The lowest BCUT2D eigenvalue weighted by molar-refractivity contribution is -0.137. The van der Waals surface area contributed by atoms with Crippen molar-refractivity contribution in [1.29, 1.82) is 0 Å². The average molecular weight is 365 g/mol. The Morgan fingerprint density at radius 1 is 1.04 bits per heavy atom. The first-order chi connectivity index (χ1) is 12.3. The van der Waals surface area contributed by atoms with Crippen LogP contribution in [-0.2, 0) is 15.8 Å². The first kappa shape index (κ1) is 19.5. The van der Waals surface area contributed by atoms with Crippen LogP contribution in [0.4, 0.5) is 13.2 Å². The van der Waals surface area contributed by atoms with Crippen molar-refractivity contribution in [1.82, 2.24) is 5.32 Å². The number of ketones is 1. The van der Waals surface area contributed by atoms with E-state index in [1.54, 1.807) is 0 Å². The Kier molecular flexibility index (Phi) is 6.38. The molecule has 138 valence electrons. The number of Topliss-reactive ketones (excluding diaryl/α,β-unsaturated/α-hetero) is 1. The standard InChI is InChI=1S/C19H18F3NO3/c1-13(24)18(25)23-12-11-17(14-5-3-2-4-6-14)26-16-9-7-15(8-10-16)19(20,21)22/h2-10,17H,11-12H2,1H3,(H,23,25). The van der Waals surface area contributed by atoms with Crippen LogP contribution in [0.25, 0.3) is 0 Å². The summed E-state index contributed by atoms with van der Waals surface area (Å²) in [7, 11) is 0. The van der Waals surface area contributed by atoms with Crippen LogP contribution in [0.2, 0.25) is 0 Å². The Morgan fingerprint density at radius 2 is 1.65 bits per heavy atom. The molecule has 2 rings (SSSR count). The number of hydrogen-bond acceptors (Lipinski definition) is 3. The maximum atomic E-state index is 12.6. The molecule has 1 unspecified atom stereocenters. The minimum Gasteiger partial charge on any atom is -0.486 e. The molecule has 1 atom stereocenters. The number of carbonyl (C=O) groups is 2. The number of hydrogen-bond donors (Lipinski definition) is 1. The van der Waals surface area contributed by atoms with E-state index in [2.05, 4.69) is 5.32 Å². The largest absolute Gasteiger partial charge is 0.486 e. The van der Waals surface area contributed by atoms with E-state index in [4.69, 9.17) is 4.74 Å². The van der Waals surface area contributed by atoms with Gasteiger partial charge in [0.1, 0.15) is 11.9 Å². The number of ether oxygens (including phenoxy) is 1. The zero-order chi connectivity index (χ0) is 19.2. The third kappa shape index (κ3) is 5.61. The highest BCUT2D eigenvalue weighted by Crippen LogP contribution is 2.31. The van der Waals surface area contributed by atoms with Crippen LogP contribution < -0.4 is 10.1 Å². The molecule has 0 aliphatic heterocycles. The molecule has 0 bridgehead atoms. The number of halogens is 3. The summed E-state index contributed by atoms with van der Waals surface area (Å²) in [5.74, 6) is -0.999. The van der Waals surface area contributed by atoms with Crippen LogP contribution in [-0.4, -0.2) is 18.2 Å². The fourth-order valence-corrected chi connectivity index (χ4v) is 2.29. The second-order valence-corrected chi connectivity index (χ2v) is 5.64. The lowest BCUT2D eigenvalue weighted by Gasteiger charge is -2.20. The van der Waals surface area contributed by atoms with E-state index in [0.717, 1.165) is 17.7 Å². The molecule has 4 nitrogen and oxygen atoms in total. The predicted molar refractivity (Wildman–Crippen MR) is 89.6 cm³/mol. The summed E-state index contributed by atoms with van der Waals surface area (Å²) in [6.45, 7) is 1.36. The molecule has 0 aromatic heterocycles. The van der Waals surface area contributed by atoms with E-state index in [1.165, 1.54) is 19.1 Å². The van der Waals surface area contributed by atoms with E-state index in [-0.39, 0.29) is 12.3 Å².